The molecule has 8 unspecified atom stereocenters. The van der Waals surface area contributed by atoms with Gasteiger partial charge in [0, 0.05) is 49.3 Å². The maximum absolute atomic E-state index is 14.3. The average Bonchev–Trinajstić information content (AvgIpc) is 3.77. The molecule has 8 heteroatoms. The lowest BCUT2D eigenvalue weighted by Gasteiger charge is -2.72. The third-order valence-corrected chi connectivity index (χ3v) is 17.3. The molecular weight excluding hydrogens is 711 g/mol. The van der Waals surface area contributed by atoms with E-state index >= 15 is 0 Å². The van der Waals surface area contributed by atoms with E-state index in [9.17, 15) is 19.5 Å². The summed E-state index contributed by atoms with van der Waals surface area (Å²) in [4.78, 5) is 46.2. The number of imidazole rings is 1. The summed E-state index contributed by atoms with van der Waals surface area (Å²) in [5.74, 6) is 0.609. The zero-order valence-corrected chi connectivity index (χ0v) is 36.5. The zero-order valence-electron chi connectivity index (χ0n) is 36.5. The molecule has 0 radical (unpaired) electrons. The number of Topliss-reactive ketones (excluding diaryl/α,β-unsaturated/α-hetero) is 1. The summed E-state index contributed by atoms with van der Waals surface area (Å²) in [5.41, 5.74) is 2.92. The molecule has 1 aromatic heterocycles. The Hall–Kier alpha value is -3.26. The van der Waals surface area contributed by atoms with Gasteiger partial charge >= 0.3 is 11.9 Å². The highest BCUT2D eigenvalue weighted by Gasteiger charge is 2.70. The number of carboxylic acid groups (broad SMARTS) is 1. The predicted molar refractivity (Wildman–Crippen MR) is 224 cm³/mol. The molecule has 0 amide bonds. The van der Waals surface area contributed by atoms with E-state index in [-0.39, 0.29) is 45.5 Å². The number of hydrogen-bond acceptors (Lipinski definition) is 6. The van der Waals surface area contributed by atoms with Crippen LogP contribution in [-0.2, 0) is 32.2 Å². The molecular formula is C49H71N3O5. The largest absolute Gasteiger partial charge is 0.481 e. The molecule has 1 heterocycles. The molecule has 0 bridgehead atoms. The van der Waals surface area contributed by atoms with Crippen LogP contribution in [0, 0.1) is 56.2 Å². The smallest absolute Gasteiger partial charge is 0.309 e. The van der Waals surface area contributed by atoms with E-state index in [2.05, 4.69) is 93.2 Å². The van der Waals surface area contributed by atoms with Crippen molar-refractivity contribution in [2.45, 2.75) is 152 Å². The van der Waals surface area contributed by atoms with Gasteiger partial charge in [0.1, 0.15) is 6.10 Å². The van der Waals surface area contributed by atoms with Crippen LogP contribution < -0.4 is 0 Å². The summed E-state index contributed by atoms with van der Waals surface area (Å²) < 4.78 is 8.38. The minimum atomic E-state index is -1.15. The Morgan fingerprint density at radius 1 is 0.947 bits per heavy atom. The second-order valence-corrected chi connectivity index (χ2v) is 21.5. The molecule has 0 spiro atoms. The van der Waals surface area contributed by atoms with E-state index in [1.165, 1.54) is 12.0 Å². The van der Waals surface area contributed by atoms with Crippen molar-refractivity contribution in [3.05, 3.63) is 65.8 Å². The fourth-order valence-corrected chi connectivity index (χ4v) is 14.0. The number of carboxylic acids is 1. The number of ether oxygens (including phenoxy) is 1. The van der Waals surface area contributed by atoms with Gasteiger partial charge in [0.2, 0.25) is 0 Å². The van der Waals surface area contributed by atoms with Gasteiger partial charge in [0.05, 0.1) is 18.2 Å². The number of carbonyl (C=O) groups excluding carboxylic acids is 2. The van der Waals surface area contributed by atoms with Crippen LogP contribution in [0.2, 0.25) is 0 Å². The zero-order chi connectivity index (χ0) is 41.2. The number of esters is 1. The third kappa shape index (κ3) is 7.16. The summed E-state index contributed by atoms with van der Waals surface area (Å²) >= 11 is 0. The molecule has 5 aliphatic carbocycles. The summed E-state index contributed by atoms with van der Waals surface area (Å²) in [7, 11) is 0. The lowest BCUT2D eigenvalue weighted by molar-refractivity contribution is -0.233. The quantitative estimate of drug-likeness (QED) is 0.202. The number of carbonyl (C=O) groups is 3. The molecule has 8 atom stereocenters. The summed E-state index contributed by atoms with van der Waals surface area (Å²) in [5, 5.41) is 9.66. The van der Waals surface area contributed by atoms with E-state index in [1.807, 2.05) is 18.7 Å². The predicted octanol–water partition coefficient (Wildman–Crippen LogP) is 10.2. The number of aliphatic carboxylic acids is 1. The van der Waals surface area contributed by atoms with Crippen LogP contribution in [-0.4, -0.2) is 56.5 Å². The van der Waals surface area contributed by atoms with Gasteiger partial charge in [0.25, 0.3) is 0 Å². The fourth-order valence-electron chi connectivity index (χ4n) is 14.0. The average molecular weight is 782 g/mol. The minimum absolute atomic E-state index is 0.0752. The molecule has 0 saturated heterocycles. The van der Waals surface area contributed by atoms with E-state index in [0.29, 0.717) is 30.0 Å². The monoisotopic (exact) mass is 782 g/mol. The van der Waals surface area contributed by atoms with Crippen LogP contribution in [0.15, 0.2) is 60.2 Å². The van der Waals surface area contributed by atoms with Crippen LogP contribution in [0.25, 0.3) is 0 Å². The van der Waals surface area contributed by atoms with Crippen LogP contribution in [0.3, 0.4) is 0 Å². The fraction of sp³-hybridized carbons (Fsp3) is 0.714. The van der Waals surface area contributed by atoms with Crippen LogP contribution in [0.1, 0.15) is 139 Å². The van der Waals surface area contributed by atoms with Crippen molar-refractivity contribution < 1.29 is 24.2 Å². The highest BCUT2D eigenvalue weighted by atomic mass is 16.5. The van der Waals surface area contributed by atoms with Gasteiger partial charge in [-0.1, -0.05) is 84.4 Å². The number of nitrogens with zero attached hydrogens (tertiary/aromatic N) is 3. The number of aromatic nitrogens is 2. The van der Waals surface area contributed by atoms with Gasteiger partial charge < -0.3 is 14.4 Å². The minimum Gasteiger partial charge on any atom is -0.481 e. The number of hydrogen-bond donors (Lipinski definition) is 1. The Kier molecular flexibility index (Phi) is 11.1. The SMILES string of the molecule is CC(C)C1=C2C3CCC4C5(C)CCC(OC(=O)CC(C)(C)C(=O)O)C(C)(C)C5CCC4(C)C3(C)CCC2(CCN(CCn2ccnc2)Cc2ccccc2)CC1=O. The van der Waals surface area contributed by atoms with Gasteiger partial charge in [-0.3, -0.25) is 19.3 Å². The Morgan fingerprint density at radius 3 is 2.35 bits per heavy atom. The number of benzene rings is 1. The number of allylic oxidation sites excluding steroid dienone is 2. The first-order chi connectivity index (χ1) is 26.8. The van der Waals surface area contributed by atoms with Crippen molar-refractivity contribution in [3.63, 3.8) is 0 Å². The molecule has 4 saturated carbocycles. The van der Waals surface area contributed by atoms with Gasteiger partial charge in [-0.25, -0.2) is 4.98 Å². The molecule has 7 rings (SSSR count). The molecule has 1 N–H and O–H groups in total. The van der Waals surface area contributed by atoms with E-state index < -0.39 is 17.4 Å². The molecule has 4 fully saturated rings. The number of rotatable bonds is 13. The highest BCUT2D eigenvalue weighted by Crippen LogP contribution is 2.77. The summed E-state index contributed by atoms with van der Waals surface area (Å²) in [6.45, 7) is 23.8. The molecule has 1 aromatic carbocycles. The van der Waals surface area contributed by atoms with Crippen LogP contribution >= 0.6 is 0 Å². The normalized spacial score (nSPS) is 34.8. The van der Waals surface area contributed by atoms with Crippen molar-refractivity contribution in [2.75, 3.05) is 13.1 Å². The van der Waals surface area contributed by atoms with Crippen molar-refractivity contribution in [2.24, 2.45) is 56.2 Å². The molecule has 312 valence electrons. The number of ketones is 1. The Labute approximate surface area is 342 Å². The van der Waals surface area contributed by atoms with E-state index in [1.54, 1.807) is 19.4 Å². The van der Waals surface area contributed by atoms with Crippen molar-refractivity contribution in [3.8, 4) is 0 Å². The lowest BCUT2D eigenvalue weighted by Crippen LogP contribution is -2.65. The van der Waals surface area contributed by atoms with Crippen molar-refractivity contribution >= 4 is 17.7 Å². The summed E-state index contributed by atoms with van der Waals surface area (Å²) in [6.07, 6.45) is 15.8. The first-order valence-electron chi connectivity index (χ1n) is 22.2. The highest BCUT2D eigenvalue weighted by molar-refractivity contribution is 6.00. The molecule has 57 heavy (non-hydrogen) atoms. The first-order valence-corrected chi connectivity index (χ1v) is 22.2. The maximum atomic E-state index is 14.3. The standard InChI is InChI=1S/C49H71N3O5/c1-33(2)41-36(53)29-49(23-25-51(27-28-52-26-24-50-32-52)31-34-13-11-10-12-14-34)22-21-47(8)35(42(41)49)15-16-38-46(7)19-18-39(57-40(54)30-44(3,4)43(55)56)45(5,6)37(46)17-20-48(38,47)9/h10-14,24,26,32-33,35,37-39H,15-23,25,27-31H2,1-9H3,(H,55,56). The number of fused-ring (bicyclic) bond motifs is 7. The van der Waals surface area contributed by atoms with E-state index in [0.717, 1.165) is 83.1 Å². The van der Waals surface area contributed by atoms with E-state index in [4.69, 9.17) is 4.74 Å². The Bertz CT molecular complexity index is 1850. The Morgan fingerprint density at radius 2 is 1.68 bits per heavy atom. The second kappa shape index (κ2) is 15.1. The van der Waals surface area contributed by atoms with Crippen molar-refractivity contribution in [1.29, 1.82) is 0 Å². The third-order valence-electron chi connectivity index (χ3n) is 17.3. The lowest BCUT2D eigenvalue weighted by atomic mass is 9.33. The Balaban J connectivity index is 1.14. The molecule has 8 nitrogen and oxygen atoms in total. The van der Waals surface area contributed by atoms with Crippen molar-refractivity contribution in [1.82, 2.24) is 14.5 Å². The van der Waals surface area contributed by atoms with Crippen LogP contribution in [0.4, 0.5) is 0 Å². The molecule has 0 aliphatic heterocycles. The molecule has 2 aromatic rings. The van der Waals surface area contributed by atoms with Gasteiger partial charge in [-0.15, -0.1) is 0 Å². The van der Waals surface area contributed by atoms with Gasteiger partial charge in [0.15, 0.2) is 5.78 Å². The maximum Gasteiger partial charge on any atom is 0.309 e. The van der Waals surface area contributed by atoms with Gasteiger partial charge in [-0.05, 0) is 129 Å². The summed E-state index contributed by atoms with van der Waals surface area (Å²) in [6, 6.07) is 10.8. The topological polar surface area (TPSA) is 102 Å². The first kappa shape index (κ1) is 41.9. The van der Waals surface area contributed by atoms with Crippen LogP contribution in [0.5, 0.6) is 0 Å². The second-order valence-electron chi connectivity index (χ2n) is 21.5. The van der Waals surface area contributed by atoms with Gasteiger partial charge in [-0.2, -0.15) is 0 Å². The molecule has 5 aliphatic rings.